The van der Waals surface area contributed by atoms with Gasteiger partial charge in [0.05, 0.1) is 31.3 Å². The molecular weight excluding hydrogens is 360 g/mol. The Bertz CT molecular complexity index is 873. The van der Waals surface area contributed by atoms with Crippen LogP contribution in [0.2, 0.25) is 0 Å². The Morgan fingerprint density at radius 2 is 1.63 bits per heavy atom. The van der Waals surface area contributed by atoms with Crippen LogP contribution in [0.3, 0.4) is 0 Å². The van der Waals surface area contributed by atoms with Crippen molar-refractivity contribution in [3.8, 4) is 22.8 Å². The lowest BCUT2D eigenvalue weighted by Gasteiger charge is -2.05. The highest BCUT2D eigenvalue weighted by Crippen LogP contribution is 2.24. The molecule has 0 fully saturated rings. The second-order valence-electron chi connectivity index (χ2n) is 5.98. The number of thiazole rings is 1. The van der Waals surface area contributed by atoms with Crippen LogP contribution >= 0.6 is 11.3 Å². The standard InChI is InChI=1S/C21H22N2O3S/c1-25-17-7-3-15(4-8-17)13-20(24)22-12-11-21-23-19(14-27-21)16-5-9-18(26-2)10-6-16/h3-10,14H,11-13H2,1-2H3,(H,22,24). The molecule has 27 heavy (non-hydrogen) atoms. The molecule has 1 amide bonds. The lowest BCUT2D eigenvalue weighted by molar-refractivity contribution is -0.120. The Hall–Kier alpha value is -2.86. The van der Waals surface area contributed by atoms with E-state index in [1.807, 2.05) is 53.9 Å². The van der Waals surface area contributed by atoms with E-state index in [0.29, 0.717) is 13.0 Å². The van der Waals surface area contributed by atoms with Crippen molar-refractivity contribution in [1.82, 2.24) is 10.3 Å². The molecule has 0 atom stereocenters. The van der Waals surface area contributed by atoms with Gasteiger partial charge in [-0.05, 0) is 42.0 Å². The second-order valence-corrected chi connectivity index (χ2v) is 6.92. The van der Waals surface area contributed by atoms with Crippen LogP contribution in [0.15, 0.2) is 53.9 Å². The van der Waals surface area contributed by atoms with E-state index in [1.54, 1.807) is 25.6 Å². The highest BCUT2D eigenvalue weighted by Gasteiger charge is 2.07. The number of nitrogens with zero attached hydrogens (tertiary/aromatic N) is 1. The first-order valence-corrected chi connectivity index (χ1v) is 9.54. The van der Waals surface area contributed by atoms with Crippen LogP contribution in [0.5, 0.6) is 11.5 Å². The molecule has 1 N–H and O–H groups in total. The van der Waals surface area contributed by atoms with Crippen molar-refractivity contribution >= 4 is 17.2 Å². The summed E-state index contributed by atoms with van der Waals surface area (Å²) in [5, 5.41) is 6.00. The molecule has 3 rings (SSSR count). The van der Waals surface area contributed by atoms with Crippen molar-refractivity contribution in [2.45, 2.75) is 12.8 Å². The molecule has 0 spiro atoms. The Labute approximate surface area is 163 Å². The molecule has 5 nitrogen and oxygen atoms in total. The summed E-state index contributed by atoms with van der Waals surface area (Å²) in [6, 6.07) is 15.4. The van der Waals surface area contributed by atoms with Gasteiger partial charge in [0, 0.05) is 23.9 Å². The zero-order valence-electron chi connectivity index (χ0n) is 15.4. The maximum atomic E-state index is 12.1. The molecule has 3 aromatic rings. The van der Waals surface area contributed by atoms with E-state index >= 15 is 0 Å². The molecule has 0 aliphatic rings. The molecule has 6 heteroatoms. The van der Waals surface area contributed by atoms with E-state index < -0.39 is 0 Å². The number of rotatable bonds is 8. The molecule has 1 heterocycles. The summed E-state index contributed by atoms with van der Waals surface area (Å²) >= 11 is 1.61. The Kier molecular flexibility index (Phi) is 6.44. The highest BCUT2D eigenvalue weighted by molar-refractivity contribution is 7.09. The fraction of sp³-hybridized carbons (Fsp3) is 0.238. The molecule has 0 radical (unpaired) electrons. The quantitative estimate of drug-likeness (QED) is 0.645. The number of hydrogen-bond donors (Lipinski definition) is 1. The van der Waals surface area contributed by atoms with Gasteiger partial charge in [0.1, 0.15) is 11.5 Å². The average molecular weight is 382 g/mol. The second kappa shape index (κ2) is 9.19. The van der Waals surface area contributed by atoms with Gasteiger partial charge in [0.25, 0.3) is 0 Å². The third-order valence-corrected chi connectivity index (χ3v) is 5.03. The van der Waals surface area contributed by atoms with Crippen LogP contribution in [-0.2, 0) is 17.6 Å². The molecule has 0 aliphatic carbocycles. The maximum Gasteiger partial charge on any atom is 0.224 e. The number of amides is 1. The molecule has 2 aromatic carbocycles. The number of methoxy groups -OCH3 is 2. The third-order valence-electron chi connectivity index (χ3n) is 4.12. The first-order chi connectivity index (χ1) is 13.2. The van der Waals surface area contributed by atoms with E-state index in [2.05, 4.69) is 10.3 Å². The molecular formula is C21H22N2O3S. The van der Waals surface area contributed by atoms with Gasteiger partial charge in [0.2, 0.25) is 5.91 Å². The largest absolute Gasteiger partial charge is 0.497 e. The van der Waals surface area contributed by atoms with Crippen molar-refractivity contribution < 1.29 is 14.3 Å². The van der Waals surface area contributed by atoms with E-state index in [4.69, 9.17) is 9.47 Å². The predicted molar refractivity (Wildman–Crippen MR) is 108 cm³/mol. The predicted octanol–water partition coefficient (Wildman–Crippen LogP) is 3.73. The average Bonchev–Trinajstić information content (AvgIpc) is 3.17. The number of ether oxygens (including phenoxy) is 2. The lowest BCUT2D eigenvalue weighted by atomic mass is 10.1. The number of aromatic nitrogens is 1. The van der Waals surface area contributed by atoms with E-state index in [0.717, 1.165) is 39.7 Å². The zero-order valence-corrected chi connectivity index (χ0v) is 16.2. The minimum Gasteiger partial charge on any atom is -0.497 e. The van der Waals surface area contributed by atoms with Gasteiger partial charge >= 0.3 is 0 Å². The smallest absolute Gasteiger partial charge is 0.224 e. The minimum atomic E-state index is 0.00657. The maximum absolute atomic E-state index is 12.1. The van der Waals surface area contributed by atoms with Crippen molar-refractivity contribution in [3.05, 3.63) is 64.5 Å². The normalized spacial score (nSPS) is 10.4. The summed E-state index contributed by atoms with van der Waals surface area (Å²) in [5.41, 5.74) is 2.97. The topological polar surface area (TPSA) is 60.5 Å². The van der Waals surface area contributed by atoms with E-state index in [9.17, 15) is 4.79 Å². The van der Waals surface area contributed by atoms with E-state index in [1.165, 1.54) is 0 Å². The summed E-state index contributed by atoms with van der Waals surface area (Å²) in [5.74, 6) is 1.62. The monoisotopic (exact) mass is 382 g/mol. The van der Waals surface area contributed by atoms with Gasteiger partial charge < -0.3 is 14.8 Å². The number of carbonyl (C=O) groups is 1. The van der Waals surface area contributed by atoms with Crippen molar-refractivity contribution in [2.24, 2.45) is 0 Å². The third kappa shape index (κ3) is 5.31. The van der Waals surface area contributed by atoms with Crippen LogP contribution in [0.25, 0.3) is 11.3 Å². The van der Waals surface area contributed by atoms with Crippen LogP contribution in [0, 0.1) is 0 Å². The van der Waals surface area contributed by atoms with Gasteiger partial charge in [-0.3, -0.25) is 4.79 Å². The minimum absolute atomic E-state index is 0.00657. The van der Waals surface area contributed by atoms with E-state index in [-0.39, 0.29) is 5.91 Å². The summed E-state index contributed by atoms with van der Waals surface area (Å²) in [6.07, 6.45) is 1.08. The van der Waals surface area contributed by atoms with Crippen molar-refractivity contribution in [1.29, 1.82) is 0 Å². The summed E-state index contributed by atoms with van der Waals surface area (Å²) in [6.45, 7) is 0.574. The Balaban J connectivity index is 1.47. The van der Waals surface area contributed by atoms with Gasteiger partial charge in [0.15, 0.2) is 0 Å². The molecule has 0 bridgehead atoms. The fourth-order valence-electron chi connectivity index (χ4n) is 2.62. The number of nitrogens with one attached hydrogen (secondary N) is 1. The summed E-state index contributed by atoms with van der Waals surface area (Å²) < 4.78 is 10.3. The van der Waals surface area contributed by atoms with Crippen LogP contribution in [0.4, 0.5) is 0 Å². The fourth-order valence-corrected chi connectivity index (χ4v) is 3.43. The van der Waals surface area contributed by atoms with Gasteiger partial charge in [-0.1, -0.05) is 12.1 Å². The molecule has 0 saturated heterocycles. The lowest BCUT2D eigenvalue weighted by Crippen LogP contribution is -2.27. The first-order valence-electron chi connectivity index (χ1n) is 8.66. The number of hydrogen-bond acceptors (Lipinski definition) is 5. The van der Waals surface area contributed by atoms with Crippen LogP contribution in [-0.4, -0.2) is 31.7 Å². The number of benzene rings is 2. The van der Waals surface area contributed by atoms with Gasteiger partial charge in [-0.2, -0.15) is 0 Å². The summed E-state index contributed by atoms with van der Waals surface area (Å²) in [7, 11) is 3.28. The molecule has 1 aromatic heterocycles. The SMILES string of the molecule is COc1ccc(CC(=O)NCCc2nc(-c3ccc(OC)cc3)cs2)cc1. The highest BCUT2D eigenvalue weighted by atomic mass is 32.1. The Morgan fingerprint density at radius 3 is 2.26 bits per heavy atom. The van der Waals surface area contributed by atoms with Crippen molar-refractivity contribution in [2.75, 3.05) is 20.8 Å². The summed E-state index contributed by atoms with van der Waals surface area (Å²) in [4.78, 5) is 16.7. The van der Waals surface area contributed by atoms with Gasteiger partial charge in [-0.15, -0.1) is 11.3 Å². The molecule has 0 saturated carbocycles. The van der Waals surface area contributed by atoms with Crippen LogP contribution < -0.4 is 14.8 Å². The Morgan fingerprint density at radius 1 is 1.00 bits per heavy atom. The molecule has 0 aliphatic heterocycles. The van der Waals surface area contributed by atoms with Crippen LogP contribution in [0.1, 0.15) is 10.6 Å². The molecule has 0 unspecified atom stereocenters. The number of carbonyl (C=O) groups excluding carboxylic acids is 1. The van der Waals surface area contributed by atoms with Crippen molar-refractivity contribution in [3.63, 3.8) is 0 Å². The molecule has 140 valence electrons. The zero-order chi connectivity index (χ0) is 19.1. The van der Waals surface area contributed by atoms with Gasteiger partial charge in [-0.25, -0.2) is 4.98 Å². The first kappa shape index (κ1) is 18.9.